The standard InChI is InChI=1S/C30H22ClNO3/c31-24-13-12-23(25(17-24)30(34)35)15-21-11-14-28-26(16-21)27(29(33)22-9-5-2-6-10-22)19-32(28)18-20-7-3-1-4-8-20/h1-14,16-17,19H,15,18H2,(H,34,35). The van der Waals surface area contributed by atoms with Gasteiger partial charge in [-0.1, -0.05) is 84.4 Å². The maximum Gasteiger partial charge on any atom is 0.336 e. The number of rotatable bonds is 7. The monoisotopic (exact) mass is 479 g/mol. The van der Waals surface area contributed by atoms with E-state index in [0.29, 0.717) is 34.7 Å². The molecule has 0 aliphatic heterocycles. The summed E-state index contributed by atoms with van der Waals surface area (Å²) < 4.78 is 2.09. The van der Waals surface area contributed by atoms with Crippen molar-refractivity contribution in [2.24, 2.45) is 0 Å². The van der Waals surface area contributed by atoms with Crippen molar-refractivity contribution < 1.29 is 14.7 Å². The zero-order valence-corrected chi connectivity index (χ0v) is 19.6. The van der Waals surface area contributed by atoms with Crippen LogP contribution < -0.4 is 0 Å². The number of aromatic carboxylic acids is 1. The van der Waals surface area contributed by atoms with Crippen LogP contribution in [0.2, 0.25) is 5.02 Å². The lowest BCUT2D eigenvalue weighted by molar-refractivity contribution is 0.0695. The molecule has 5 rings (SSSR count). The number of fused-ring (bicyclic) bond motifs is 1. The molecule has 1 N–H and O–H groups in total. The highest BCUT2D eigenvalue weighted by Gasteiger charge is 2.18. The highest BCUT2D eigenvalue weighted by molar-refractivity contribution is 6.31. The fourth-order valence-corrected chi connectivity index (χ4v) is 4.59. The molecule has 4 aromatic carbocycles. The van der Waals surface area contributed by atoms with Crippen LogP contribution in [0.3, 0.4) is 0 Å². The van der Waals surface area contributed by atoms with E-state index in [0.717, 1.165) is 22.0 Å². The molecule has 1 heterocycles. The molecule has 172 valence electrons. The van der Waals surface area contributed by atoms with Crippen LogP contribution in [0.1, 0.15) is 43.0 Å². The third kappa shape index (κ3) is 4.75. The number of carbonyl (C=O) groups is 2. The number of carbonyl (C=O) groups excluding carboxylic acids is 1. The zero-order chi connectivity index (χ0) is 24.4. The molecule has 0 saturated heterocycles. The SMILES string of the molecule is O=C(O)c1cc(Cl)ccc1Cc1ccc2c(c1)c(C(=O)c1ccccc1)cn2Cc1ccccc1. The minimum Gasteiger partial charge on any atom is -0.478 e. The van der Waals surface area contributed by atoms with Gasteiger partial charge in [-0.05, 0) is 47.4 Å². The van der Waals surface area contributed by atoms with Crippen LogP contribution in [-0.4, -0.2) is 21.4 Å². The first-order valence-electron chi connectivity index (χ1n) is 11.3. The Morgan fingerprint density at radius 3 is 2.20 bits per heavy atom. The smallest absolute Gasteiger partial charge is 0.336 e. The van der Waals surface area contributed by atoms with Crippen LogP contribution >= 0.6 is 11.6 Å². The second kappa shape index (κ2) is 9.61. The molecule has 4 nitrogen and oxygen atoms in total. The Labute approximate surface area is 208 Å². The van der Waals surface area contributed by atoms with E-state index >= 15 is 0 Å². The van der Waals surface area contributed by atoms with Gasteiger partial charge in [0, 0.05) is 39.8 Å². The Hall–Kier alpha value is -4.15. The van der Waals surface area contributed by atoms with Gasteiger partial charge in [0.05, 0.1) is 5.56 Å². The van der Waals surface area contributed by atoms with E-state index in [1.807, 2.05) is 72.9 Å². The fourth-order valence-electron chi connectivity index (χ4n) is 4.41. The highest BCUT2D eigenvalue weighted by Crippen LogP contribution is 2.28. The van der Waals surface area contributed by atoms with Gasteiger partial charge in [0.15, 0.2) is 5.78 Å². The van der Waals surface area contributed by atoms with Crippen molar-refractivity contribution in [3.63, 3.8) is 0 Å². The molecule has 5 aromatic rings. The largest absolute Gasteiger partial charge is 0.478 e. The van der Waals surface area contributed by atoms with E-state index in [2.05, 4.69) is 16.7 Å². The van der Waals surface area contributed by atoms with Crippen LogP contribution in [0.5, 0.6) is 0 Å². The summed E-state index contributed by atoms with van der Waals surface area (Å²) in [6, 6.07) is 30.2. The van der Waals surface area contributed by atoms with Crippen molar-refractivity contribution in [1.82, 2.24) is 4.57 Å². The summed E-state index contributed by atoms with van der Waals surface area (Å²) in [6.45, 7) is 0.638. The summed E-state index contributed by atoms with van der Waals surface area (Å²) in [6.07, 6.45) is 2.33. The quantitative estimate of drug-likeness (QED) is 0.259. The number of hydrogen-bond acceptors (Lipinski definition) is 2. The van der Waals surface area contributed by atoms with Gasteiger partial charge in [-0.15, -0.1) is 0 Å². The van der Waals surface area contributed by atoms with Crippen LogP contribution in [0, 0.1) is 0 Å². The van der Waals surface area contributed by atoms with Crippen LogP contribution in [0.4, 0.5) is 0 Å². The van der Waals surface area contributed by atoms with Gasteiger partial charge in [-0.3, -0.25) is 4.79 Å². The number of nitrogens with zero attached hydrogens (tertiary/aromatic N) is 1. The molecule has 0 unspecified atom stereocenters. The summed E-state index contributed by atoms with van der Waals surface area (Å²) in [5, 5.41) is 10.8. The van der Waals surface area contributed by atoms with Crippen molar-refractivity contribution in [2.45, 2.75) is 13.0 Å². The maximum atomic E-state index is 13.5. The van der Waals surface area contributed by atoms with Gasteiger partial charge >= 0.3 is 5.97 Å². The molecule has 35 heavy (non-hydrogen) atoms. The summed E-state index contributed by atoms with van der Waals surface area (Å²) in [4.78, 5) is 25.2. The van der Waals surface area contributed by atoms with Gasteiger partial charge in [-0.25, -0.2) is 4.79 Å². The van der Waals surface area contributed by atoms with Crippen LogP contribution in [0.15, 0.2) is 103 Å². The average molecular weight is 480 g/mol. The number of carboxylic acids is 1. The van der Waals surface area contributed by atoms with Gasteiger partial charge in [0.25, 0.3) is 0 Å². The second-order valence-electron chi connectivity index (χ2n) is 8.49. The Kier molecular flexibility index (Phi) is 6.21. The van der Waals surface area contributed by atoms with Crippen molar-refractivity contribution in [3.05, 3.63) is 142 Å². The molecule has 0 saturated carbocycles. The zero-order valence-electron chi connectivity index (χ0n) is 18.8. The minimum absolute atomic E-state index is 0.0442. The molecule has 0 amide bonds. The molecule has 0 radical (unpaired) electrons. The van der Waals surface area contributed by atoms with Crippen molar-refractivity contribution in [2.75, 3.05) is 0 Å². The number of ketones is 1. The molecule has 0 aliphatic carbocycles. The van der Waals surface area contributed by atoms with Crippen molar-refractivity contribution >= 4 is 34.3 Å². The van der Waals surface area contributed by atoms with E-state index in [1.165, 1.54) is 6.07 Å². The first-order chi connectivity index (χ1) is 17.0. The normalized spacial score (nSPS) is 11.0. The van der Waals surface area contributed by atoms with Crippen molar-refractivity contribution in [3.8, 4) is 0 Å². The number of carboxylic acid groups (broad SMARTS) is 1. The predicted molar refractivity (Wildman–Crippen MR) is 139 cm³/mol. The van der Waals surface area contributed by atoms with E-state index in [-0.39, 0.29) is 11.3 Å². The van der Waals surface area contributed by atoms with Crippen molar-refractivity contribution in [1.29, 1.82) is 0 Å². The van der Waals surface area contributed by atoms with E-state index in [9.17, 15) is 14.7 Å². The third-order valence-electron chi connectivity index (χ3n) is 6.12. The van der Waals surface area contributed by atoms with Gasteiger partial charge in [-0.2, -0.15) is 0 Å². The van der Waals surface area contributed by atoms with Crippen LogP contribution in [0.25, 0.3) is 10.9 Å². The molecule has 0 bridgehead atoms. The lowest BCUT2D eigenvalue weighted by Crippen LogP contribution is -2.03. The van der Waals surface area contributed by atoms with E-state index < -0.39 is 5.97 Å². The number of hydrogen-bond donors (Lipinski definition) is 1. The number of benzene rings is 4. The molecule has 5 heteroatoms. The molecule has 1 aromatic heterocycles. The maximum absolute atomic E-state index is 13.5. The molecular formula is C30H22ClNO3. The lowest BCUT2D eigenvalue weighted by Gasteiger charge is -2.09. The third-order valence-corrected chi connectivity index (χ3v) is 6.35. The molecular weight excluding hydrogens is 458 g/mol. The predicted octanol–water partition coefficient (Wildman–Crippen LogP) is 6.86. The average Bonchev–Trinajstić information content (AvgIpc) is 3.23. The summed E-state index contributed by atoms with van der Waals surface area (Å²) in [7, 11) is 0. The first-order valence-corrected chi connectivity index (χ1v) is 11.6. The molecule has 0 fully saturated rings. The Morgan fingerprint density at radius 2 is 1.49 bits per heavy atom. The fraction of sp³-hybridized carbons (Fsp3) is 0.0667. The Bertz CT molecular complexity index is 1540. The molecule has 0 atom stereocenters. The number of halogens is 1. The van der Waals surface area contributed by atoms with Gasteiger partial charge < -0.3 is 9.67 Å². The highest BCUT2D eigenvalue weighted by atomic mass is 35.5. The topological polar surface area (TPSA) is 59.3 Å². The Balaban J connectivity index is 1.60. The van der Waals surface area contributed by atoms with E-state index in [1.54, 1.807) is 12.1 Å². The van der Waals surface area contributed by atoms with Gasteiger partial charge in [0.1, 0.15) is 0 Å². The summed E-state index contributed by atoms with van der Waals surface area (Å²) in [5.74, 6) is -1.06. The Morgan fingerprint density at radius 1 is 0.771 bits per heavy atom. The summed E-state index contributed by atoms with van der Waals surface area (Å²) in [5.41, 5.74) is 5.11. The summed E-state index contributed by atoms with van der Waals surface area (Å²) >= 11 is 6.02. The minimum atomic E-state index is -1.02. The first kappa shape index (κ1) is 22.6. The number of aromatic nitrogens is 1. The van der Waals surface area contributed by atoms with Crippen LogP contribution in [-0.2, 0) is 13.0 Å². The van der Waals surface area contributed by atoms with E-state index in [4.69, 9.17) is 11.6 Å². The molecule has 0 spiro atoms. The molecule has 0 aliphatic rings. The second-order valence-corrected chi connectivity index (χ2v) is 8.92. The van der Waals surface area contributed by atoms with Gasteiger partial charge in [0.2, 0.25) is 0 Å². The lowest BCUT2D eigenvalue weighted by atomic mass is 9.97.